The van der Waals surface area contributed by atoms with E-state index in [1.54, 1.807) is 17.5 Å². The van der Waals surface area contributed by atoms with Crippen molar-refractivity contribution in [2.75, 3.05) is 5.32 Å². The zero-order valence-electron chi connectivity index (χ0n) is 12.7. The fourth-order valence-electron chi connectivity index (χ4n) is 2.24. The van der Waals surface area contributed by atoms with Crippen LogP contribution in [0.3, 0.4) is 0 Å². The molecule has 1 aromatic heterocycles. The molecular weight excluding hydrogens is 322 g/mol. The zero-order chi connectivity index (χ0) is 16.9. The lowest BCUT2D eigenvalue weighted by molar-refractivity contribution is -0.117. The van der Waals surface area contributed by atoms with Gasteiger partial charge >= 0.3 is 0 Å². The molecule has 2 aromatic carbocycles. The molecule has 0 unspecified atom stereocenters. The van der Waals surface area contributed by atoms with E-state index in [0.717, 1.165) is 11.1 Å². The van der Waals surface area contributed by atoms with E-state index in [0.29, 0.717) is 16.4 Å². The lowest BCUT2D eigenvalue weighted by Crippen LogP contribution is -2.14. The smallest absolute Gasteiger partial charge is 0.257 e. The van der Waals surface area contributed by atoms with Crippen LogP contribution >= 0.6 is 11.3 Å². The van der Waals surface area contributed by atoms with Crippen LogP contribution < -0.4 is 11.1 Å². The van der Waals surface area contributed by atoms with E-state index in [1.165, 1.54) is 11.3 Å². The number of primary amides is 1. The van der Waals surface area contributed by atoms with Gasteiger partial charge in [0.05, 0.1) is 12.1 Å². The van der Waals surface area contributed by atoms with Crippen molar-refractivity contribution in [1.82, 2.24) is 4.98 Å². The quantitative estimate of drug-likeness (QED) is 0.750. The van der Waals surface area contributed by atoms with Gasteiger partial charge in [0, 0.05) is 10.9 Å². The minimum atomic E-state index is -0.449. The van der Waals surface area contributed by atoms with Crippen LogP contribution in [0.1, 0.15) is 16.1 Å². The highest BCUT2D eigenvalue weighted by Gasteiger charge is 2.10. The van der Waals surface area contributed by atoms with Gasteiger partial charge in [0.25, 0.3) is 5.91 Å². The first kappa shape index (κ1) is 15.9. The number of anilines is 1. The fourth-order valence-corrected chi connectivity index (χ4v) is 2.94. The number of rotatable bonds is 5. The van der Waals surface area contributed by atoms with Crippen molar-refractivity contribution in [2.45, 2.75) is 6.42 Å². The minimum absolute atomic E-state index is 0.0676. The van der Waals surface area contributed by atoms with E-state index in [1.807, 2.05) is 42.5 Å². The van der Waals surface area contributed by atoms with Crippen molar-refractivity contribution < 1.29 is 9.59 Å². The molecule has 3 rings (SSSR count). The Hall–Kier alpha value is -2.99. The summed E-state index contributed by atoms with van der Waals surface area (Å²) in [5, 5.41) is 4.88. The zero-order valence-corrected chi connectivity index (χ0v) is 13.5. The number of aromatic nitrogens is 1. The van der Waals surface area contributed by atoms with Gasteiger partial charge in [0.2, 0.25) is 5.91 Å². The molecule has 0 saturated carbocycles. The van der Waals surface area contributed by atoms with Crippen LogP contribution in [0.4, 0.5) is 5.13 Å². The normalized spacial score (nSPS) is 10.3. The first-order valence-corrected chi connectivity index (χ1v) is 8.19. The Morgan fingerprint density at radius 2 is 1.67 bits per heavy atom. The van der Waals surface area contributed by atoms with Crippen LogP contribution in [0.5, 0.6) is 0 Å². The average molecular weight is 337 g/mol. The predicted molar refractivity (Wildman–Crippen MR) is 94.8 cm³/mol. The molecule has 0 saturated heterocycles. The predicted octanol–water partition coefficient (Wildman–Crippen LogP) is 3.09. The topological polar surface area (TPSA) is 85.1 Å². The van der Waals surface area contributed by atoms with Crippen molar-refractivity contribution in [3.05, 3.63) is 71.2 Å². The van der Waals surface area contributed by atoms with E-state index >= 15 is 0 Å². The molecular formula is C18H15N3O2S. The van der Waals surface area contributed by atoms with Gasteiger partial charge in [-0.1, -0.05) is 42.5 Å². The molecule has 0 bridgehead atoms. The second-order valence-electron chi connectivity index (χ2n) is 5.18. The van der Waals surface area contributed by atoms with E-state index in [-0.39, 0.29) is 12.3 Å². The Balaban J connectivity index is 1.69. The van der Waals surface area contributed by atoms with Crippen LogP contribution in [0.25, 0.3) is 11.1 Å². The standard InChI is InChI=1S/C18H15N3O2S/c19-16(22)10-15-11-24-18(20-15)21-17(23)14-8-6-13(7-9-14)12-4-2-1-3-5-12/h1-9,11H,10H2,(H2,19,22)(H,20,21,23). The van der Waals surface area contributed by atoms with E-state index < -0.39 is 5.91 Å². The van der Waals surface area contributed by atoms with Gasteiger partial charge in [-0.3, -0.25) is 14.9 Å². The molecule has 3 aromatic rings. The third-order valence-electron chi connectivity index (χ3n) is 3.38. The van der Waals surface area contributed by atoms with Crippen molar-refractivity contribution >= 4 is 28.3 Å². The molecule has 0 aliphatic heterocycles. The summed E-state index contributed by atoms with van der Waals surface area (Å²) < 4.78 is 0. The average Bonchev–Trinajstić information content (AvgIpc) is 3.02. The van der Waals surface area contributed by atoms with Crippen LogP contribution in [-0.2, 0) is 11.2 Å². The maximum atomic E-state index is 12.3. The number of nitrogens with one attached hydrogen (secondary N) is 1. The number of carbonyl (C=O) groups excluding carboxylic acids is 2. The summed E-state index contributed by atoms with van der Waals surface area (Å²) in [4.78, 5) is 27.3. The number of thiazole rings is 1. The molecule has 5 nitrogen and oxygen atoms in total. The summed E-state index contributed by atoms with van der Waals surface area (Å²) in [5.41, 5.74) is 8.37. The third-order valence-corrected chi connectivity index (χ3v) is 4.19. The molecule has 0 aliphatic rings. The maximum absolute atomic E-state index is 12.3. The van der Waals surface area contributed by atoms with Gasteiger partial charge in [0.15, 0.2) is 5.13 Å². The van der Waals surface area contributed by atoms with Gasteiger partial charge in [-0.05, 0) is 23.3 Å². The number of amides is 2. The number of benzene rings is 2. The molecule has 24 heavy (non-hydrogen) atoms. The summed E-state index contributed by atoms with van der Waals surface area (Å²) in [5.74, 6) is -0.690. The van der Waals surface area contributed by atoms with Gasteiger partial charge < -0.3 is 5.73 Å². The van der Waals surface area contributed by atoms with Crippen LogP contribution in [-0.4, -0.2) is 16.8 Å². The van der Waals surface area contributed by atoms with Crippen molar-refractivity contribution in [3.63, 3.8) is 0 Å². The number of hydrogen-bond acceptors (Lipinski definition) is 4. The highest BCUT2D eigenvalue weighted by atomic mass is 32.1. The molecule has 3 N–H and O–H groups in total. The molecule has 0 spiro atoms. The molecule has 120 valence electrons. The van der Waals surface area contributed by atoms with Crippen molar-refractivity contribution in [3.8, 4) is 11.1 Å². The van der Waals surface area contributed by atoms with Gasteiger partial charge in [0.1, 0.15) is 0 Å². The minimum Gasteiger partial charge on any atom is -0.369 e. The number of nitrogens with zero attached hydrogens (tertiary/aromatic N) is 1. The second-order valence-corrected chi connectivity index (χ2v) is 6.04. The SMILES string of the molecule is NC(=O)Cc1csc(NC(=O)c2ccc(-c3ccccc3)cc2)n1. The molecule has 0 radical (unpaired) electrons. The maximum Gasteiger partial charge on any atom is 0.257 e. The number of carbonyl (C=O) groups is 2. The van der Waals surface area contributed by atoms with E-state index in [2.05, 4.69) is 10.3 Å². The fraction of sp³-hybridized carbons (Fsp3) is 0.0556. The van der Waals surface area contributed by atoms with Crippen LogP contribution in [0.2, 0.25) is 0 Å². The summed E-state index contributed by atoms with van der Waals surface area (Å²) in [6.45, 7) is 0. The van der Waals surface area contributed by atoms with E-state index in [4.69, 9.17) is 5.73 Å². The highest BCUT2D eigenvalue weighted by Crippen LogP contribution is 2.20. The first-order valence-electron chi connectivity index (χ1n) is 7.31. The molecule has 0 fully saturated rings. The number of nitrogens with two attached hydrogens (primary N) is 1. The van der Waals surface area contributed by atoms with Crippen molar-refractivity contribution in [2.24, 2.45) is 5.73 Å². The summed E-state index contributed by atoms with van der Waals surface area (Å²) in [6.07, 6.45) is 0.0676. The van der Waals surface area contributed by atoms with Crippen LogP contribution in [0, 0.1) is 0 Å². The van der Waals surface area contributed by atoms with Gasteiger partial charge in [-0.25, -0.2) is 4.98 Å². The largest absolute Gasteiger partial charge is 0.369 e. The van der Waals surface area contributed by atoms with Gasteiger partial charge in [-0.15, -0.1) is 11.3 Å². The molecule has 1 heterocycles. The van der Waals surface area contributed by atoms with Crippen LogP contribution in [0.15, 0.2) is 60.0 Å². The summed E-state index contributed by atoms with van der Waals surface area (Å²) >= 11 is 1.26. The monoisotopic (exact) mass is 337 g/mol. The molecule has 2 amide bonds. The lowest BCUT2D eigenvalue weighted by atomic mass is 10.0. The Bertz CT molecular complexity index is 857. The molecule has 0 atom stereocenters. The van der Waals surface area contributed by atoms with E-state index in [9.17, 15) is 9.59 Å². The summed E-state index contributed by atoms with van der Waals surface area (Å²) in [7, 11) is 0. The van der Waals surface area contributed by atoms with Gasteiger partial charge in [-0.2, -0.15) is 0 Å². The Labute approximate surface area is 143 Å². The first-order chi connectivity index (χ1) is 11.6. The third kappa shape index (κ3) is 3.85. The Morgan fingerprint density at radius 1 is 1.00 bits per heavy atom. The Kier molecular flexibility index (Phi) is 4.67. The molecule has 0 aliphatic carbocycles. The number of hydrogen-bond donors (Lipinski definition) is 2. The Morgan fingerprint density at radius 3 is 2.33 bits per heavy atom. The summed E-state index contributed by atoms with van der Waals surface area (Å²) in [6, 6.07) is 17.3. The second kappa shape index (κ2) is 7.06. The molecule has 6 heteroatoms. The highest BCUT2D eigenvalue weighted by molar-refractivity contribution is 7.14. The van der Waals surface area contributed by atoms with Crippen molar-refractivity contribution in [1.29, 1.82) is 0 Å². The lowest BCUT2D eigenvalue weighted by Gasteiger charge is -2.04.